The van der Waals surface area contributed by atoms with Crippen LogP contribution in [0.5, 0.6) is 0 Å². The molecule has 19 heavy (non-hydrogen) atoms. The molecule has 2 aromatic rings. The van der Waals surface area contributed by atoms with Crippen LogP contribution < -0.4 is 10.6 Å². The van der Waals surface area contributed by atoms with Crippen LogP contribution in [-0.2, 0) is 0 Å². The summed E-state index contributed by atoms with van der Waals surface area (Å²) in [7, 11) is 1.54. The van der Waals surface area contributed by atoms with Crippen LogP contribution in [-0.4, -0.2) is 24.0 Å². The number of nitrogens with two attached hydrogens (primary N) is 1. The first-order valence-corrected chi connectivity index (χ1v) is 6.33. The molecule has 1 aromatic carbocycles. The third kappa shape index (κ3) is 2.58. The second kappa shape index (κ2) is 5.11. The molecular formula is C13H12N2O3S. The number of carbonyl (C=O) groups is 2. The van der Waals surface area contributed by atoms with Gasteiger partial charge in [-0.05, 0) is 29.6 Å². The molecule has 2 rings (SSSR count). The summed E-state index contributed by atoms with van der Waals surface area (Å²) < 4.78 is 0. The van der Waals surface area contributed by atoms with Crippen LogP contribution >= 0.6 is 11.3 Å². The smallest absolute Gasteiger partial charge is 0.337 e. The van der Waals surface area contributed by atoms with Gasteiger partial charge in [-0.25, -0.2) is 4.79 Å². The molecule has 0 saturated carbocycles. The van der Waals surface area contributed by atoms with Gasteiger partial charge in [-0.2, -0.15) is 0 Å². The molecule has 3 N–H and O–H groups in total. The van der Waals surface area contributed by atoms with Crippen molar-refractivity contribution in [2.45, 2.75) is 0 Å². The minimum Gasteiger partial charge on any atom is -0.478 e. The normalized spacial score (nSPS) is 10.2. The van der Waals surface area contributed by atoms with Crippen molar-refractivity contribution in [3.8, 4) is 0 Å². The molecule has 1 amide bonds. The molecule has 0 atom stereocenters. The molecule has 0 fully saturated rings. The highest BCUT2D eigenvalue weighted by molar-refractivity contribution is 7.12. The molecule has 98 valence electrons. The van der Waals surface area contributed by atoms with Crippen molar-refractivity contribution in [3.05, 3.63) is 46.2 Å². The number of nitrogens with zero attached hydrogens (tertiary/aromatic N) is 1. The summed E-state index contributed by atoms with van der Waals surface area (Å²) in [6, 6.07) is 7.91. The average molecular weight is 276 g/mol. The van der Waals surface area contributed by atoms with E-state index in [1.165, 1.54) is 28.4 Å². The van der Waals surface area contributed by atoms with Crippen LogP contribution in [0.3, 0.4) is 0 Å². The topological polar surface area (TPSA) is 83.6 Å². The summed E-state index contributed by atoms with van der Waals surface area (Å²) in [5.74, 6) is -1.37. The zero-order valence-corrected chi connectivity index (χ0v) is 11.0. The van der Waals surface area contributed by atoms with E-state index in [-0.39, 0.29) is 11.5 Å². The molecule has 0 saturated heterocycles. The Morgan fingerprint density at radius 3 is 2.63 bits per heavy atom. The number of rotatable bonds is 3. The largest absolute Gasteiger partial charge is 0.478 e. The van der Waals surface area contributed by atoms with E-state index in [0.29, 0.717) is 16.3 Å². The average Bonchev–Trinajstić information content (AvgIpc) is 2.90. The lowest BCUT2D eigenvalue weighted by molar-refractivity contribution is 0.0698. The lowest BCUT2D eigenvalue weighted by Gasteiger charge is -2.19. The van der Waals surface area contributed by atoms with E-state index in [9.17, 15) is 9.59 Å². The summed E-state index contributed by atoms with van der Waals surface area (Å²) in [5, 5.41) is 11.0. The van der Waals surface area contributed by atoms with Crippen molar-refractivity contribution in [3.63, 3.8) is 0 Å². The highest BCUT2D eigenvalue weighted by atomic mass is 32.1. The molecular weight excluding hydrogens is 264 g/mol. The number of aromatic carboxylic acids is 1. The number of hydrogen-bond donors (Lipinski definition) is 2. The van der Waals surface area contributed by atoms with Gasteiger partial charge in [0.2, 0.25) is 0 Å². The zero-order chi connectivity index (χ0) is 14.0. The fourth-order valence-electron chi connectivity index (χ4n) is 1.69. The SMILES string of the molecule is CN(C(=O)c1cccs1)c1ccc(N)cc1C(=O)O. The molecule has 0 bridgehead atoms. The van der Waals surface area contributed by atoms with Crippen molar-refractivity contribution in [1.82, 2.24) is 0 Å². The summed E-state index contributed by atoms with van der Waals surface area (Å²) in [5.41, 5.74) is 6.24. The van der Waals surface area contributed by atoms with Gasteiger partial charge in [-0.3, -0.25) is 4.79 Å². The van der Waals surface area contributed by atoms with Crippen molar-refractivity contribution in [1.29, 1.82) is 0 Å². The predicted molar refractivity (Wildman–Crippen MR) is 74.9 cm³/mol. The van der Waals surface area contributed by atoms with E-state index in [2.05, 4.69) is 0 Å². The number of anilines is 2. The highest BCUT2D eigenvalue weighted by Gasteiger charge is 2.20. The highest BCUT2D eigenvalue weighted by Crippen LogP contribution is 2.24. The molecule has 0 unspecified atom stereocenters. The van der Waals surface area contributed by atoms with E-state index in [1.807, 2.05) is 0 Å². The standard InChI is InChI=1S/C13H12N2O3S/c1-15(12(16)11-3-2-6-19-11)10-5-4-8(14)7-9(10)13(17)18/h2-7H,14H2,1H3,(H,17,18). The number of carbonyl (C=O) groups excluding carboxylic acids is 1. The van der Waals surface area contributed by atoms with Gasteiger partial charge >= 0.3 is 5.97 Å². The molecule has 0 aliphatic heterocycles. The number of hydrogen-bond acceptors (Lipinski definition) is 4. The quantitative estimate of drug-likeness (QED) is 0.842. The number of amides is 1. The van der Waals surface area contributed by atoms with E-state index < -0.39 is 5.97 Å². The van der Waals surface area contributed by atoms with E-state index >= 15 is 0 Å². The number of benzene rings is 1. The number of thiophene rings is 1. The Bertz CT molecular complexity index is 623. The molecule has 1 heterocycles. The maximum atomic E-state index is 12.2. The monoisotopic (exact) mass is 276 g/mol. The lowest BCUT2D eigenvalue weighted by atomic mass is 10.1. The molecule has 0 radical (unpaired) electrons. The maximum absolute atomic E-state index is 12.2. The van der Waals surface area contributed by atoms with Gasteiger partial charge in [0.15, 0.2) is 0 Å². The van der Waals surface area contributed by atoms with Crippen LogP contribution in [0, 0.1) is 0 Å². The Morgan fingerprint density at radius 1 is 1.32 bits per heavy atom. The second-order valence-corrected chi connectivity index (χ2v) is 4.87. The second-order valence-electron chi connectivity index (χ2n) is 3.92. The van der Waals surface area contributed by atoms with Gasteiger partial charge in [-0.1, -0.05) is 6.07 Å². The molecule has 0 aliphatic rings. The first-order chi connectivity index (χ1) is 9.00. The Morgan fingerprint density at radius 2 is 2.05 bits per heavy atom. The Kier molecular flexibility index (Phi) is 3.52. The third-order valence-corrected chi connectivity index (χ3v) is 3.51. The van der Waals surface area contributed by atoms with Crippen LogP contribution in [0.15, 0.2) is 35.7 Å². The van der Waals surface area contributed by atoms with Gasteiger partial charge in [0.05, 0.1) is 16.1 Å². The lowest BCUT2D eigenvalue weighted by Crippen LogP contribution is -2.27. The summed E-state index contributed by atoms with van der Waals surface area (Å²) in [4.78, 5) is 25.2. The van der Waals surface area contributed by atoms with Gasteiger partial charge in [0, 0.05) is 12.7 Å². The maximum Gasteiger partial charge on any atom is 0.337 e. The van der Waals surface area contributed by atoms with Gasteiger partial charge in [-0.15, -0.1) is 11.3 Å². The first kappa shape index (κ1) is 13.1. The summed E-state index contributed by atoms with van der Waals surface area (Å²) in [6.45, 7) is 0. The van der Waals surface area contributed by atoms with Crippen molar-refractivity contribution in [2.75, 3.05) is 17.7 Å². The summed E-state index contributed by atoms with van der Waals surface area (Å²) in [6.07, 6.45) is 0. The molecule has 0 spiro atoms. The number of carboxylic acids is 1. The van der Waals surface area contributed by atoms with Crippen LogP contribution in [0.1, 0.15) is 20.0 Å². The van der Waals surface area contributed by atoms with Crippen molar-refractivity contribution < 1.29 is 14.7 Å². The minimum atomic E-state index is -1.12. The minimum absolute atomic E-state index is 0.00686. The van der Waals surface area contributed by atoms with E-state index in [1.54, 1.807) is 30.6 Å². The third-order valence-electron chi connectivity index (χ3n) is 2.65. The molecule has 0 aliphatic carbocycles. The Balaban J connectivity index is 2.41. The molecule has 1 aromatic heterocycles. The zero-order valence-electron chi connectivity index (χ0n) is 10.2. The van der Waals surface area contributed by atoms with Crippen molar-refractivity contribution in [2.24, 2.45) is 0 Å². The number of nitrogen functional groups attached to an aromatic ring is 1. The first-order valence-electron chi connectivity index (χ1n) is 5.45. The molecule has 5 nitrogen and oxygen atoms in total. The van der Waals surface area contributed by atoms with Crippen LogP contribution in [0.2, 0.25) is 0 Å². The Labute approximate surface area is 113 Å². The van der Waals surface area contributed by atoms with Crippen LogP contribution in [0.25, 0.3) is 0 Å². The van der Waals surface area contributed by atoms with Gasteiger partial charge in [0.1, 0.15) is 0 Å². The predicted octanol–water partition coefficient (Wildman–Crippen LogP) is 2.31. The summed E-state index contributed by atoms with van der Waals surface area (Å²) >= 11 is 1.31. The fraction of sp³-hybridized carbons (Fsp3) is 0.0769. The van der Waals surface area contributed by atoms with Gasteiger partial charge < -0.3 is 15.7 Å². The molecule has 6 heteroatoms. The van der Waals surface area contributed by atoms with Gasteiger partial charge in [0.25, 0.3) is 5.91 Å². The van der Waals surface area contributed by atoms with Crippen molar-refractivity contribution >= 4 is 34.6 Å². The fourth-order valence-corrected chi connectivity index (χ4v) is 2.39. The van der Waals surface area contributed by atoms with E-state index in [4.69, 9.17) is 10.8 Å². The Hall–Kier alpha value is -2.34. The number of carboxylic acid groups (broad SMARTS) is 1. The van der Waals surface area contributed by atoms with E-state index in [0.717, 1.165) is 0 Å². The van der Waals surface area contributed by atoms with Crippen LogP contribution in [0.4, 0.5) is 11.4 Å².